The van der Waals surface area contributed by atoms with Gasteiger partial charge in [-0.2, -0.15) is 0 Å². The molecular formula is C12H10Cl2FNS. The van der Waals surface area contributed by atoms with Gasteiger partial charge in [0.1, 0.15) is 5.82 Å². The largest absolute Gasteiger partial charge is 0.323 e. The smallest absolute Gasteiger partial charge is 0.123 e. The van der Waals surface area contributed by atoms with Gasteiger partial charge in [0.15, 0.2) is 0 Å². The SMILES string of the molecule is NC(Cc1cc(F)ccc1Cl)c1ccc(Cl)s1. The third kappa shape index (κ3) is 3.19. The normalized spacial score (nSPS) is 12.7. The third-order valence-electron chi connectivity index (χ3n) is 2.41. The maximum atomic E-state index is 13.1. The number of halogens is 3. The fraction of sp³-hybridized carbons (Fsp3) is 0.167. The van der Waals surface area contributed by atoms with E-state index in [9.17, 15) is 4.39 Å². The molecule has 0 saturated heterocycles. The Bertz CT molecular complexity index is 527. The molecule has 1 nitrogen and oxygen atoms in total. The first-order chi connectivity index (χ1) is 8.06. The molecule has 0 bridgehead atoms. The minimum atomic E-state index is -0.305. The molecule has 0 aliphatic rings. The lowest BCUT2D eigenvalue weighted by atomic mass is 10.1. The van der Waals surface area contributed by atoms with Crippen LogP contribution in [0.15, 0.2) is 30.3 Å². The van der Waals surface area contributed by atoms with E-state index in [1.165, 1.54) is 23.5 Å². The van der Waals surface area contributed by atoms with Crippen molar-refractivity contribution >= 4 is 34.5 Å². The van der Waals surface area contributed by atoms with E-state index in [0.717, 1.165) is 4.88 Å². The van der Waals surface area contributed by atoms with Crippen LogP contribution in [0, 0.1) is 5.82 Å². The van der Waals surface area contributed by atoms with E-state index in [0.29, 0.717) is 21.3 Å². The van der Waals surface area contributed by atoms with E-state index in [1.807, 2.05) is 6.07 Å². The highest BCUT2D eigenvalue weighted by Crippen LogP contribution is 2.29. The number of rotatable bonds is 3. The maximum absolute atomic E-state index is 13.1. The standard InChI is InChI=1S/C12H10Cl2FNS/c13-9-2-1-8(15)5-7(9)6-10(16)11-3-4-12(14)17-11/h1-5,10H,6,16H2. The molecule has 1 atom stereocenters. The van der Waals surface area contributed by atoms with Crippen LogP contribution >= 0.6 is 34.5 Å². The molecule has 0 fully saturated rings. The van der Waals surface area contributed by atoms with Crippen molar-refractivity contribution in [1.82, 2.24) is 0 Å². The molecule has 2 rings (SSSR count). The van der Waals surface area contributed by atoms with Crippen molar-refractivity contribution in [2.75, 3.05) is 0 Å². The molecule has 0 amide bonds. The van der Waals surface area contributed by atoms with E-state index >= 15 is 0 Å². The van der Waals surface area contributed by atoms with Crippen molar-refractivity contribution in [3.05, 3.63) is 55.9 Å². The Hall–Kier alpha value is -0.610. The first-order valence-electron chi connectivity index (χ1n) is 5.01. The zero-order valence-electron chi connectivity index (χ0n) is 8.79. The predicted molar refractivity (Wildman–Crippen MR) is 71.4 cm³/mol. The molecule has 90 valence electrons. The van der Waals surface area contributed by atoms with Crippen LogP contribution in [0.5, 0.6) is 0 Å². The fourth-order valence-electron chi connectivity index (χ4n) is 1.56. The van der Waals surface area contributed by atoms with Gasteiger partial charge in [-0.05, 0) is 42.3 Å². The first-order valence-corrected chi connectivity index (χ1v) is 6.58. The van der Waals surface area contributed by atoms with Crippen molar-refractivity contribution < 1.29 is 4.39 Å². The molecule has 2 N–H and O–H groups in total. The van der Waals surface area contributed by atoms with Crippen LogP contribution in [0.25, 0.3) is 0 Å². The van der Waals surface area contributed by atoms with E-state index < -0.39 is 0 Å². The molecule has 17 heavy (non-hydrogen) atoms. The lowest BCUT2D eigenvalue weighted by Gasteiger charge is -2.11. The Balaban J connectivity index is 2.18. The van der Waals surface area contributed by atoms with E-state index in [1.54, 1.807) is 12.1 Å². The highest BCUT2D eigenvalue weighted by Gasteiger charge is 2.12. The molecule has 0 saturated carbocycles. The summed E-state index contributed by atoms with van der Waals surface area (Å²) in [7, 11) is 0. The zero-order chi connectivity index (χ0) is 12.4. The average molecular weight is 290 g/mol. The number of hydrogen-bond acceptors (Lipinski definition) is 2. The summed E-state index contributed by atoms with van der Waals surface area (Å²) in [5.41, 5.74) is 6.74. The van der Waals surface area contributed by atoms with Gasteiger partial charge >= 0.3 is 0 Å². The van der Waals surface area contributed by atoms with Gasteiger partial charge in [0, 0.05) is 15.9 Å². The van der Waals surface area contributed by atoms with E-state index in [4.69, 9.17) is 28.9 Å². The number of benzene rings is 1. The Morgan fingerprint density at radius 1 is 1.24 bits per heavy atom. The van der Waals surface area contributed by atoms with Crippen LogP contribution in [0.3, 0.4) is 0 Å². The second-order valence-electron chi connectivity index (χ2n) is 3.69. The third-order valence-corrected chi connectivity index (χ3v) is 4.14. The lowest BCUT2D eigenvalue weighted by Crippen LogP contribution is -2.12. The molecule has 2 aromatic rings. The minimum absolute atomic E-state index is 0.216. The Kier molecular flexibility index (Phi) is 4.05. The Labute approximate surface area is 113 Å². The second-order valence-corrected chi connectivity index (χ2v) is 5.84. The average Bonchev–Trinajstić information content (AvgIpc) is 2.70. The van der Waals surface area contributed by atoms with Crippen molar-refractivity contribution in [3.63, 3.8) is 0 Å². The van der Waals surface area contributed by atoms with Crippen LogP contribution < -0.4 is 5.73 Å². The summed E-state index contributed by atoms with van der Waals surface area (Å²) in [4.78, 5) is 0.968. The summed E-state index contributed by atoms with van der Waals surface area (Å²) >= 11 is 13.3. The van der Waals surface area contributed by atoms with Gasteiger partial charge in [-0.25, -0.2) is 4.39 Å². The van der Waals surface area contributed by atoms with Gasteiger partial charge in [0.05, 0.1) is 4.34 Å². The lowest BCUT2D eigenvalue weighted by molar-refractivity contribution is 0.622. The molecule has 1 aromatic carbocycles. The fourth-order valence-corrected chi connectivity index (χ4v) is 2.82. The molecule has 1 unspecified atom stereocenters. The van der Waals surface area contributed by atoms with Crippen LogP contribution in [0.1, 0.15) is 16.5 Å². The zero-order valence-corrected chi connectivity index (χ0v) is 11.1. The van der Waals surface area contributed by atoms with E-state index in [2.05, 4.69) is 0 Å². The molecule has 0 radical (unpaired) electrons. The number of thiophene rings is 1. The molecule has 0 aliphatic heterocycles. The molecule has 0 aliphatic carbocycles. The van der Waals surface area contributed by atoms with Crippen molar-refractivity contribution in [3.8, 4) is 0 Å². The van der Waals surface area contributed by atoms with Crippen molar-refractivity contribution in [2.24, 2.45) is 5.73 Å². The van der Waals surface area contributed by atoms with Crippen molar-refractivity contribution in [2.45, 2.75) is 12.5 Å². The highest BCUT2D eigenvalue weighted by atomic mass is 35.5. The van der Waals surface area contributed by atoms with Gasteiger partial charge in [0.25, 0.3) is 0 Å². The molecule has 0 spiro atoms. The van der Waals surface area contributed by atoms with E-state index in [-0.39, 0.29) is 11.9 Å². The minimum Gasteiger partial charge on any atom is -0.323 e. The van der Waals surface area contributed by atoms with Crippen LogP contribution in [-0.4, -0.2) is 0 Å². The highest BCUT2D eigenvalue weighted by molar-refractivity contribution is 7.16. The summed E-state index contributed by atoms with van der Waals surface area (Å²) in [5.74, 6) is -0.305. The van der Waals surface area contributed by atoms with Gasteiger partial charge < -0.3 is 5.73 Å². The molecule has 5 heteroatoms. The predicted octanol–water partition coefficient (Wildman–Crippen LogP) is 4.44. The molecular weight excluding hydrogens is 280 g/mol. The summed E-state index contributed by atoms with van der Waals surface area (Å²) < 4.78 is 13.8. The van der Waals surface area contributed by atoms with Crippen LogP contribution in [0.4, 0.5) is 4.39 Å². The first kappa shape index (κ1) is 12.8. The van der Waals surface area contributed by atoms with Gasteiger partial charge in [-0.1, -0.05) is 23.2 Å². The molecule has 1 heterocycles. The molecule has 1 aromatic heterocycles. The quantitative estimate of drug-likeness (QED) is 0.888. The Morgan fingerprint density at radius 3 is 2.65 bits per heavy atom. The summed E-state index contributed by atoms with van der Waals surface area (Å²) in [6.45, 7) is 0. The second kappa shape index (κ2) is 5.36. The number of nitrogens with two attached hydrogens (primary N) is 1. The van der Waals surface area contributed by atoms with Gasteiger partial charge in [-0.3, -0.25) is 0 Å². The number of hydrogen-bond donors (Lipinski definition) is 1. The van der Waals surface area contributed by atoms with Crippen molar-refractivity contribution in [1.29, 1.82) is 0 Å². The van der Waals surface area contributed by atoms with Crippen LogP contribution in [0.2, 0.25) is 9.36 Å². The van der Waals surface area contributed by atoms with Crippen LogP contribution in [-0.2, 0) is 6.42 Å². The summed E-state index contributed by atoms with van der Waals surface area (Å²) in [6.07, 6.45) is 0.493. The monoisotopic (exact) mass is 289 g/mol. The summed E-state index contributed by atoms with van der Waals surface area (Å²) in [5, 5.41) is 0.532. The Morgan fingerprint density at radius 2 is 2.00 bits per heavy atom. The van der Waals surface area contributed by atoms with Gasteiger partial charge in [-0.15, -0.1) is 11.3 Å². The summed E-state index contributed by atoms with van der Waals surface area (Å²) in [6, 6.07) is 7.75. The topological polar surface area (TPSA) is 26.0 Å². The maximum Gasteiger partial charge on any atom is 0.123 e. The van der Waals surface area contributed by atoms with Gasteiger partial charge in [0.2, 0.25) is 0 Å².